The number of fused-ring (bicyclic) bond motifs is 1. The van der Waals surface area contributed by atoms with E-state index in [9.17, 15) is 28.3 Å². The fourth-order valence-electron chi connectivity index (χ4n) is 3.13. The number of hydrogen-bond donors (Lipinski definition) is 4. The van der Waals surface area contributed by atoms with Crippen molar-refractivity contribution in [3.63, 3.8) is 0 Å². The number of phenolic OH excluding ortho intramolecular Hbond substituents is 1. The van der Waals surface area contributed by atoms with Crippen molar-refractivity contribution in [3.8, 4) is 5.75 Å². The Labute approximate surface area is 186 Å². The maximum atomic E-state index is 13.3. The van der Waals surface area contributed by atoms with E-state index in [1.807, 2.05) is 4.98 Å². The van der Waals surface area contributed by atoms with E-state index in [1.165, 1.54) is 6.07 Å². The van der Waals surface area contributed by atoms with Gasteiger partial charge in [0.1, 0.15) is 22.8 Å². The summed E-state index contributed by atoms with van der Waals surface area (Å²) in [4.78, 5) is 43.8. The van der Waals surface area contributed by atoms with Crippen LogP contribution in [0.4, 0.5) is 8.78 Å². The molecular formula is C21H23F2N5O5. The van der Waals surface area contributed by atoms with Crippen LogP contribution in [0, 0.1) is 11.6 Å². The number of aromatic amines is 2. The Morgan fingerprint density at radius 3 is 2.70 bits per heavy atom. The van der Waals surface area contributed by atoms with Crippen LogP contribution in [0.5, 0.6) is 5.75 Å². The van der Waals surface area contributed by atoms with Gasteiger partial charge in [-0.05, 0) is 12.1 Å². The molecule has 0 atom stereocenters. The molecule has 1 amide bonds. The third-order valence-corrected chi connectivity index (χ3v) is 4.84. The molecule has 0 spiro atoms. The van der Waals surface area contributed by atoms with Gasteiger partial charge in [0.15, 0.2) is 0 Å². The first kappa shape index (κ1) is 24.0. The van der Waals surface area contributed by atoms with Gasteiger partial charge < -0.3 is 20.1 Å². The lowest BCUT2D eigenvalue weighted by Gasteiger charge is -2.26. The second-order valence-corrected chi connectivity index (χ2v) is 7.17. The molecule has 4 N–H and O–H groups in total. The summed E-state index contributed by atoms with van der Waals surface area (Å²) in [6, 6.07) is 5.23. The molecule has 1 aliphatic heterocycles. The summed E-state index contributed by atoms with van der Waals surface area (Å²) in [6.45, 7) is 3.63. The number of hydrogen-bond acceptors (Lipinski definition) is 7. The van der Waals surface area contributed by atoms with E-state index in [2.05, 4.69) is 20.2 Å². The lowest BCUT2D eigenvalue weighted by atomic mass is 10.2. The zero-order chi connectivity index (χ0) is 23.8. The SMILES string of the molecule is O=C(CCN1CCOCC1)NCc1ncc(F)cc1F.O=c1[nH]c(=O)c2c(O)cccc2[nH]1. The van der Waals surface area contributed by atoms with Crippen molar-refractivity contribution in [1.29, 1.82) is 0 Å². The Bertz CT molecular complexity index is 1220. The quantitative estimate of drug-likeness (QED) is 0.435. The number of phenols is 1. The number of aromatic nitrogens is 3. The highest BCUT2D eigenvalue weighted by atomic mass is 19.1. The molecule has 1 saturated heterocycles. The zero-order valence-electron chi connectivity index (χ0n) is 17.6. The summed E-state index contributed by atoms with van der Waals surface area (Å²) >= 11 is 0. The molecule has 1 aliphatic rings. The van der Waals surface area contributed by atoms with E-state index in [4.69, 9.17) is 4.74 Å². The third-order valence-electron chi connectivity index (χ3n) is 4.84. The van der Waals surface area contributed by atoms with Crippen LogP contribution in [0.15, 0.2) is 40.1 Å². The standard InChI is InChI=1S/C13H17F2N3O2.C8H6N2O3/c14-10-7-11(15)12(16-8-10)9-17-13(19)1-2-18-3-5-20-6-4-18;11-5-3-1-2-4-6(5)7(12)10-8(13)9-4/h7-8H,1-6,9H2,(H,17,19);1-3,11H,(H2,9,10,12,13). The van der Waals surface area contributed by atoms with Crippen LogP contribution >= 0.6 is 0 Å². The maximum Gasteiger partial charge on any atom is 0.326 e. The van der Waals surface area contributed by atoms with E-state index < -0.39 is 22.9 Å². The number of morpholine rings is 1. The summed E-state index contributed by atoms with van der Waals surface area (Å²) in [7, 11) is 0. The first-order valence-electron chi connectivity index (χ1n) is 10.1. The predicted octanol–water partition coefficient (Wildman–Crippen LogP) is 0.620. The van der Waals surface area contributed by atoms with E-state index in [-0.39, 0.29) is 29.3 Å². The molecule has 12 heteroatoms. The smallest absolute Gasteiger partial charge is 0.326 e. The molecule has 0 aliphatic carbocycles. The monoisotopic (exact) mass is 463 g/mol. The minimum atomic E-state index is -0.751. The second kappa shape index (κ2) is 11.3. The summed E-state index contributed by atoms with van der Waals surface area (Å²) < 4.78 is 31.2. The van der Waals surface area contributed by atoms with Crippen LogP contribution in [0.2, 0.25) is 0 Å². The van der Waals surface area contributed by atoms with Gasteiger partial charge in [0.25, 0.3) is 5.56 Å². The summed E-state index contributed by atoms with van der Waals surface area (Å²) in [5, 5.41) is 12.0. The van der Waals surface area contributed by atoms with Gasteiger partial charge in [0, 0.05) is 32.1 Å². The van der Waals surface area contributed by atoms with Crippen LogP contribution in [-0.2, 0) is 16.1 Å². The van der Waals surface area contributed by atoms with Crippen LogP contribution in [0.1, 0.15) is 12.1 Å². The molecule has 176 valence electrons. The second-order valence-electron chi connectivity index (χ2n) is 7.17. The fourth-order valence-corrected chi connectivity index (χ4v) is 3.13. The minimum Gasteiger partial charge on any atom is -0.507 e. The van der Waals surface area contributed by atoms with Crippen molar-refractivity contribution in [2.24, 2.45) is 0 Å². The topological polar surface area (TPSA) is 140 Å². The van der Waals surface area contributed by atoms with E-state index in [1.54, 1.807) is 12.1 Å². The van der Waals surface area contributed by atoms with Gasteiger partial charge in [0.05, 0.1) is 37.2 Å². The lowest BCUT2D eigenvalue weighted by Crippen LogP contribution is -2.38. The van der Waals surface area contributed by atoms with Crippen molar-refractivity contribution >= 4 is 16.8 Å². The molecule has 0 bridgehead atoms. The molecule has 0 radical (unpaired) electrons. The van der Waals surface area contributed by atoms with Gasteiger partial charge in [-0.25, -0.2) is 13.6 Å². The van der Waals surface area contributed by atoms with Crippen molar-refractivity contribution in [2.45, 2.75) is 13.0 Å². The third kappa shape index (κ3) is 6.92. The summed E-state index contributed by atoms with van der Waals surface area (Å²) in [5.74, 6) is -1.81. The molecule has 10 nitrogen and oxygen atoms in total. The Balaban J connectivity index is 0.000000203. The summed E-state index contributed by atoms with van der Waals surface area (Å²) in [6.07, 6.45) is 1.26. The number of nitrogens with one attached hydrogen (secondary N) is 3. The number of halogens is 2. The average molecular weight is 463 g/mol. The van der Waals surface area contributed by atoms with Crippen molar-refractivity contribution in [1.82, 2.24) is 25.2 Å². The Kier molecular flexibility index (Phi) is 8.22. The molecule has 3 heterocycles. The molecular weight excluding hydrogens is 440 g/mol. The van der Waals surface area contributed by atoms with Gasteiger partial charge >= 0.3 is 5.69 Å². The van der Waals surface area contributed by atoms with Crippen molar-refractivity contribution in [3.05, 3.63) is 68.6 Å². The van der Waals surface area contributed by atoms with Crippen LogP contribution < -0.4 is 16.6 Å². The van der Waals surface area contributed by atoms with E-state index in [0.717, 1.165) is 25.4 Å². The van der Waals surface area contributed by atoms with Gasteiger partial charge in [-0.2, -0.15) is 0 Å². The molecule has 0 saturated carbocycles. The molecule has 1 aromatic carbocycles. The number of rotatable bonds is 5. The van der Waals surface area contributed by atoms with Gasteiger partial charge in [-0.15, -0.1) is 0 Å². The highest BCUT2D eigenvalue weighted by molar-refractivity contribution is 5.83. The number of nitrogens with zero attached hydrogens (tertiary/aromatic N) is 2. The van der Waals surface area contributed by atoms with Crippen LogP contribution in [-0.4, -0.2) is 63.7 Å². The van der Waals surface area contributed by atoms with Gasteiger partial charge in [0.2, 0.25) is 5.91 Å². The molecule has 3 aromatic rings. The Morgan fingerprint density at radius 1 is 1.21 bits per heavy atom. The number of pyridine rings is 1. The fraction of sp³-hybridized carbons (Fsp3) is 0.333. The predicted molar refractivity (Wildman–Crippen MR) is 115 cm³/mol. The minimum absolute atomic E-state index is 0.0334. The number of carbonyl (C=O) groups excluding carboxylic acids is 1. The van der Waals surface area contributed by atoms with Gasteiger partial charge in [-0.3, -0.25) is 24.5 Å². The molecule has 33 heavy (non-hydrogen) atoms. The number of aromatic hydroxyl groups is 1. The molecule has 1 fully saturated rings. The maximum absolute atomic E-state index is 13.3. The first-order chi connectivity index (χ1) is 15.8. The number of carbonyl (C=O) groups is 1. The Hall–Kier alpha value is -3.64. The van der Waals surface area contributed by atoms with Crippen molar-refractivity contribution in [2.75, 3.05) is 32.8 Å². The zero-order valence-corrected chi connectivity index (χ0v) is 17.6. The number of amides is 1. The Morgan fingerprint density at radius 2 is 1.97 bits per heavy atom. The number of benzene rings is 1. The van der Waals surface area contributed by atoms with Crippen LogP contribution in [0.3, 0.4) is 0 Å². The molecule has 2 aromatic heterocycles. The van der Waals surface area contributed by atoms with Crippen LogP contribution in [0.25, 0.3) is 10.9 Å². The highest BCUT2D eigenvalue weighted by Gasteiger charge is 2.12. The number of H-pyrrole nitrogens is 2. The van der Waals surface area contributed by atoms with Crippen molar-refractivity contribution < 1.29 is 23.4 Å². The number of ether oxygens (including phenoxy) is 1. The largest absolute Gasteiger partial charge is 0.507 e. The lowest BCUT2D eigenvalue weighted by molar-refractivity contribution is -0.121. The molecule has 4 rings (SSSR count). The average Bonchev–Trinajstić information content (AvgIpc) is 2.78. The molecule has 0 unspecified atom stereocenters. The first-order valence-corrected chi connectivity index (χ1v) is 10.1. The van der Waals surface area contributed by atoms with E-state index in [0.29, 0.717) is 31.7 Å². The summed E-state index contributed by atoms with van der Waals surface area (Å²) in [5.41, 5.74) is -0.806. The normalized spacial score (nSPS) is 13.9. The van der Waals surface area contributed by atoms with Gasteiger partial charge in [-0.1, -0.05) is 6.07 Å². The highest BCUT2D eigenvalue weighted by Crippen LogP contribution is 2.16. The van der Waals surface area contributed by atoms with E-state index >= 15 is 0 Å².